The number of nitrogens with zero attached hydrogens (tertiary/aromatic N) is 3. The van der Waals surface area contributed by atoms with E-state index in [0.717, 1.165) is 17.6 Å². The summed E-state index contributed by atoms with van der Waals surface area (Å²) in [5.41, 5.74) is 4.96. The smallest absolute Gasteiger partial charge is 0.130 e. The molecule has 0 aliphatic carbocycles. The number of rotatable bonds is 4. The van der Waals surface area contributed by atoms with Gasteiger partial charge in [-0.1, -0.05) is 45.8 Å². The summed E-state index contributed by atoms with van der Waals surface area (Å²) < 4.78 is 1.96. The van der Waals surface area contributed by atoms with Crippen LogP contribution in [0.1, 0.15) is 22.4 Å². The Hall–Kier alpha value is -1.29. The van der Waals surface area contributed by atoms with E-state index in [1.165, 1.54) is 22.5 Å². The highest BCUT2D eigenvalue weighted by atomic mass is 79.9. The van der Waals surface area contributed by atoms with Crippen molar-refractivity contribution in [2.75, 3.05) is 11.9 Å². The Kier molecular flexibility index (Phi) is 4.30. The fourth-order valence-electron chi connectivity index (χ4n) is 2.37. The van der Waals surface area contributed by atoms with Crippen LogP contribution in [0.25, 0.3) is 0 Å². The third-order valence-corrected chi connectivity index (χ3v) is 3.91. The molecule has 0 atom stereocenters. The highest BCUT2D eigenvalue weighted by Crippen LogP contribution is 2.25. The molecule has 0 aliphatic heterocycles. The maximum atomic E-state index is 4.50. The van der Waals surface area contributed by atoms with Gasteiger partial charge in [-0.25, -0.2) is 0 Å². The Morgan fingerprint density at radius 2 is 1.84 bits per heavy atom. The molecule has 3 nitrogen and oxygen atoms in total. The molecule has 0 spiro atoms. The molecule has 2 rings (SSSR count). The lowest BCUT2D eigenvalue weighted by Crippen LogP contribution is -2.20. The van der Waals surface area contributed by atoms with Gasteiger partial charge in [0.05, 0.1) is 5.69 Å². The van der Waals surface area contributed by atoms with E-state index in [1.54, 1.807) is 0 Å². The van der Waals surface area contributed by atoms with E-state index in [9.17, 15) is 0 Å². The van der Waals surface area contributed by atoms with Crippen molar-refractivity contribution >= 4 is 21.7 Å². The maximum Gasteiger partial charge on any atom is 0.130 e. The lowest BCUT2D eigenvalue weighted by molar-refractivity contribution is 0.726. The quantitative estimate of drug-likeness (QED) is 0.803. The molecule has 0 saturated heterocycles. The molecule has 19 heavy (non-hydrogen) atoms. The van der Waals surface area contributed by atoms with Crippen LogP contribution in [0.4, 0.5) is 5.82 Å². The first-order valence-corrected chi connectivity index (χ1v) is 7.50. The molecule has 1 heterocycles. The average Bonchev–Trinajstić information content (AvgIpc) is 2.66. The van der Waals surface area contributed by atoms with Crippen molar-refractivity contribution in [3.05, 3.63) is 46.6 Å². The van der Waals surface area contributed by atoms with E-state index in [4.69, 9.17) is 0 Å². The van der Waals surface area contributed by atoms with Crippen LogP contribution in [0.5, 0.6) is 0 Å². The van der Waals surface area contributed by atoms with Gasteiger partial charge in [-0.3, -0.25) is 4.68 Å². The van der Waals surface area contributed by atoms with E-state index in [-0.39, 0.29) is 0 Å². The number of halogens is 1. The van der Waals surface area contributed by atoms with Crippen LogP contribution in [-0.2, 0) is 18.9 Å². The summed E-state index contributed by atoms with van der Waals surface area (Å²) >= 11 is 3.56. The molecule has 4 heteroatoms. The fraction of sp³-hybridized carbons (Fsp3) is 0.400. The summed E-state index contributed by atoms with van der Waals surface area (Å²) in [5.74, 6) is 1.18. The number of alkyl halides is 1. The second kappa shape index (κ2) is 5.78. The summed E-state index contributed by atoms with van der Waals surface area (Å²) in [5, 5.41) is 5.34. The molecule has 0 aliphatic rings. The number of hydrogen-bond acceptors (Lipinski definition) is 2. The zero-order valence-corrected chi connectivity index (χ0v) is 13.5. The largest absolute Gasteiger partial charge is 0.355 e. The molecular formula is C15H20BrN3. The predicted octanol–water partition coefficient (Wildman–Crippen LogP) is 3.57. The van der Waals surface area contributed by atoms with E-state index in [1.807, 2.05) is 11.7 Å². The van der Waals surface area contributed by atoms with Gasteiger partial charge in [0.1, 0.15) is 5.82 Å². The van der Waals surface area contributed by atoms with Gasteiger partial charge in [0.2, 0.25) is 0 Å². The molecule has 0 saturated carbocycles. The fourth-order valence-corrected chi connectivity index (χ4v) is 3.02. The molecule has 0 unspecified atom stereocenters. The topological polar surface area (TPSA) is 21.1 Å². The minimum Gasteiger partial charge on any atom is -0.355 e. The third kappa shape index (κ3) is 3.00. The molecular weight excluding hydrogens is 302 g/mol. The second-order valence-electron chi connectivity index (χ2n) is 4.99. The van der Waals surface area contributed by atoms with Crippen LogP contribution < -0.4 is 4.90 Å². The normalized spacial score (nSPS) is 10.8. The number of aromatic nitrogens is 2. The highest BCUT2D eigenvalue weighted by Gasteiger charge is 2.15. The van der Waals surface area contributed by atoms with Crippen LogP contribution in [0.3, 0.4) is 0 Å². The van der Waals surface area contributed by atoms with E-state index < -0.39 is 0 Å². The van der Waals surface area contributed by atoms with Gasteiger partial charge in [0.25, 0.3) is 0 Å². The summed E-state index contributed by atoms with van der Waals surface area (Å²) in [6.45, 7) is 5.06. The van der Waals surface area contributed by atoms with Gasteiger partial charge in [-0.2, -0.15) is 5.10 Å². The molecule has 0 N–H and O–H groups in total. The number of anilines is 1. The summed E-state index contributed by atoms with van der Waals surface area (Å²) in [7, 11) is 4.11. The molecule has 0 bridgehead atoms. The molecule has 102 valence electrons. The van der Waals surface area contributed by atoms with Crippen molar-refractivity contribution in [1.82, 2.24) is 9.78 Å². The Morgan fingerprint density at radius 3 is 2.42 bits per heavy atom. The zero-order chi connectivity index (χ0) is 14.0. The van der Waals surface area contributed by atoms with Crippen molar-refractivity contribution in [2.24, 2.45) is 7.05 Å². The summed E-state index contributed by atoms with van der Waals surface area (Å²) in [4.78, 5) is 2.25. The average molecular weight is 322 g/mol. The maximum absolute atomic E-state index is 4.50. The van der Waals surface area contributed by atoms with Gasteiger partial charge < -0.3 is 4.90 Å². The van der Waals surface area contributed by atoms with Crippen LogP contribution in [0.15, 0.2) is 24.3 Å². The van der Waals surface area contributed by atoms with Gasteiger partial charge in [-0.15, -0.1) is 0 Å². The van der Waals surface area contributed by atoms with Crippen molar-refractivity contribution in [1.29, 1.82) is 0 Å². The molecule has 0 amide bonds. The first-order valence-electron chi connectivity index (χ1n) is 6.38. The van der Waals surface area contributed by atoms with Crippen LogP contribution in [0.2, 0.25) is 0 Å². The molecule has 1 aromatic heterocycles. The van der Waals surface area contributed by atoms with Crippen LogP contribution in [-0.4, -0.2) is 16.8 Å². The Labute approximate surface area is 123 Å². The Bertz CT molecular complexity index is 558. The standard InChI is InChI=1S/C15H20BrN3/c1-11-5-7-13(8-6-11)10-18(3)15-14(9-16)12(2)17-19(15)4/h5-8H,9-10H2,1-4H3. The predicted molar refractivity (Wildman–Crippen MR) is 83.9 cm³/mol. The first-order chi connectivity index (χ1) is 9.02. The van der Waals surface area contributed by atoms with Gasteiger partial charge >= 0.3 is 0 Å². The second-order valence-corrected chi connectivity index (χ2v) is 5.55. The van der Waals surface area contributed by atoms with Gasteiger partial charge in [-0.05, 0) is 19.4 Å². The Balaban J connectivity index is 2.24. The molecule has 2 aromatic rings. The van der Waals surface area contributed by atoms with Gasteiger partial charge in [0.15, 0.2) is 0 Å². The van der Waals surface area contributed by atoms with Crippen molar-refractivity contribution in [2.45, 2.75) is 25.7 Å². The minimum absolute atomic E-state index is 0.834. The number of hydrogen-bond donors (Lipinski definition) is 0. The highest BCUT2D eigenvalue weighted by molar-refractivity contribution is 9.08. The third-order valence-electron chi connectivity index (χ3n) is 3.35. The van der Waals surface area contributed by atoms with Crippen molar-refractivity contribution in [3.8, 4) is 0 Å². The lowest BCUT2D eigenvalue weighted by Gasteiger charge is -2.21. The van der Waals surface area contributed by atoms with Crippen LogP contribution >= 0.6 is 15.9 Å². The van der Waals surface area contributed by atoms with Crippen molar-refractivity contribution < 1.29 is 0 Å². The molecule has 0 fully saturated rings. The first kappa shape index (κ1) is 14.1. The van der Waals surface area contributed by atoms with E-state index >= 15 is 0 Å². The summed E-state index contributed by atoms with van der Waals surface area (Å²) in [6.07, 6.45) is 0. The monoisotopic (exact) mass is 321 g/mol. The number of aryl methyl sites for hydroxylation is 3. The van der Waals surface area contributed by atoms with Crippen LogP contribution in [0, 0.1) is 13.8 Å². The molecule has 0 radical (unpaired) electrons. The van der Waals surface area contributed by atoms with Crippen molar-refractivity contribution in [3.63, 3.8) is 0 Å². The summed E-state index contributed by atoms with van der Waals surface area (Å²) in [6, 6.07) is 8.68. The Morgan fingerprint density at radius 1 is 1.21 bits per heavy atom. The number of benzene rings is 1. The van der Waals surface area contributed by atoms with E-state index in [0.29, 0.717) is 0 Å². The minimum atomic E-state index is 0.834. The van der Waals surface area contributed by atoms with E-state index in [2.05, 4.69) is 71.1 Å². The molecule has 1 aromatic carbocycles. The zero-order valence-electron chi connectivity index (χ0n) is 11.9. The SMILES string of the molecule is Cc1ccc(CN(C)c2c(CBr)c(C)nn2C)cc1. The van der Waals surface area contributed by atoms with Gasteiger partial charge in [0, 0.05) is 31.5 Å². The lowest BCUT2D eigenvalue weighted by atomic mass is 10.1.